The van der Waals surface area contributed by atoms with Crippen molar-refractivity contribution in [2.75, 3.05) is 0 Å². The number of hydrogen-bond donors (Lipinski definition) is 3. The normalized spacial score (nSPS) is 13.9. The van der Waals surface area contributed by atoms with E-state index in [1.165, 1.54) is 27.4 Å². The van der Waals surface area contributed by atoms with Gasteiger partial charge in [0, 0.05) is 22.5 Å². The number of nitrogens with one attached hydrogen (secondary N) is 2. The molecule has 0 spiro atoms. The number of hydrogen-bond acceptors (Lipinski definition) is 3. The molecule has 4 heteroatoms. The minimum absolute atomic E-state index is 0.127. The van der Waals surface area contributed by atoms with E-state index in [1.54, 1.807) is 0 Å². The molecule has 3 unspecified atom stereocenters. The van der Waals surface area contributed by atoms with E-state index in [-0.39, 0.29) is 18.4 Å². The summed E-state index contributed by atoms with van der Waals surface area (Å²) in [5.74, 6) is 0. The lowest BCUT2D eigenvalue weighted by atomic mass is 10.1. The van der Waals surface area contributed by atoms with E-state index in [0.717, 1.165) is 16.8 Å². The predicted octanol–water partition coefficient (Wildman–Crippen LogP) is 7.38. The lowest BCUT2D eigenvalue weighted by molar-refractivity contribution is 0.356. The molecule has 0 radical (unpaired) electrons. The van der Waals surface area contributed by atoms with Gasteiger partial charge >= 0.3 is 0 Å². The van der Waals surface area contributed by atoms with Crippen molar-refractivity contribution in [2.24, 2.45) is 5.73 Å². The summed E-state index contributed by atoms with van der Waals surface area (Å²) < 4.78 is 2.32. The first-order chi connectivity index (χ1) is 18.7. The first kappa shape index (κ1) is 24.1. The summed E-state index contributed by atoms with van der Waals surface area (Å²) in [6.45, 7) is 2.18. The van der Waals surface area contributed by atoms with Crippen LogP contribution in [0.2, 0.25) is 0 Å². The van der Waals surface area contributed by atoms with Gasteiger partial charge in [-0.3, -0.25) is 10.6 Å². The van der Waals surface area contributed by atoms with Crippen LogP contribution in [0.1, 0.15) is 42.0 Å². The highest BCUT2D eigenvalue weighted by atomic mass is 15.2. The van der Waals surface area contributed by atoms with Crippen molar-refractivity contribution in [3.8, 4) is 5.69 Å². The van der Waals surface area contributed by atoms with Crippen molar-refractivity contribution in [1.29, 1.82) is 0 Å². The molecular weight excluding hydrogens is 464 g/mol. The lowest BCUT2D eigenvalue weighted by Crippen LogP contribution is -2.41. The van der Waals surface area contributed by atoms with Crippen LogP contribution in [0.4, 0.5) is 0 Å². The third-order valence-corrected chi connectivity index (χ3v) is 7.26. The van der Waals surface area contributed by atoms with Crippen LogP contribution in [-0.4, -0.2) is 4.57 Å². The number of nitrogens with zero attached hydrogens (tertiary/aromatic N) is 1. The highest BCUT2D eigenvalue weighted by Crippen LogP contribution is 2.32. The monoisotopic (exact) mass is 496 g/mol. The maximum absolute atomic E-state index is 6.83. The predicted molar refractivity (Wildman–Crippen MR) is 158 cm³/mol. The maximum atomic E-state index is 6.83. The van der Waals surface area contributed by atoms with Crippen LogP contribution in [0.15, 0.2) is 133 Å². The molecule has 0 aliphatic heterocycles. The van der Waals surface area contributed by atoms with Gasteiger partial charge in [0.05, 0.1) is 23.4 Å². The Morgan fingerprint density at radius 2 is 1.08 bits per heavy atom. The molecule has 0 amide bonds. The van der Waals surface area contributed by atoms with Gasteiger partial charge in [-0.05, 0) is 47.9 Å². The fraction of sp³-hybridized carbons (Fsp3) is 0.118. The number of aromatic nitrogens is 1. The molecule has 4 nitrogen and oxygen atoms in total. The van der Waals surface area contributed by atoms with Crippen molar-refractivity contribution < 1.29 is 0 Å². The van der Waals surface area contributed by atoms with Crippen molar-refractivity contribution in [1.82, 2.24) is 15.2 Å². The molecule has 0 aliphatic rings. The summed E-state index contributed by atoms with van der Waals surface area (Å²) in [5.41, 5.74) is 13.7. The Labute approximate surface area is 223 Å². The minimum atomic E-state index is -0.372. The van der Waals surface area contributed by atoms with Crippen LogP contribution in [0, 0.1) is 0 Å². The summed E-state index contributed by atoms with van der Waals surface area (Å²) in [6, 6.07) is 46.7. The standard InChI is InChI=1S/C34H32N4/c1-24(25-13-4-2-5-14-25)36-34(26-15-6-3-7-16-26)37-33(35)27-17-12-18-28(23-27)38-31-21-10-8-19-29(31)30-20-9-11-22-32(30)38/h2-24,33-34,36-37H,35H2,1H3. The van der Waals surface area contributed by atoms with Crippen LogP contribution in [0.25, 0.3) is 27.5 Å². The highest BCUT2D eigenvalue weighted by Gasteiger charge is 2.19. The van der Waals surface area contributed by atoms with Crippen LogP contribution in [0.5, 0.6) is 0 Å². The Balaban J connectivity index is 1.33. The molecule has 1 heterocycles. The summed E-state index contributed by atoms with van der Waals surface area (Å²) >= 11 is 0. The van der Waals surface area contributed by atoms with Crippen LogP contribution < -0.4 is 16.4 Å². The molecule has 6 aromatic rings. The first-order valence-electron chi connectivity index (χ1n) is 13.1. The number of nitrogens with two attached hydrogens (primary N) is 1. The molecule has 6 rings (SSSR count). The molecule has 0 saturated heterocycles. The lowest BCUT2D eigenvalue weighted by Gasteiger charge is -2.28. The summed E-state index contributed by atoms with van der Waals surface area (Å²) in [5, 5.41) is 9.90. The van der Waals surface area contributed by atoms with Crippen LogP contribution in [-0.2, 0) is 0 Å². The van der Waals surface area contributed by atoms with Gasteiger partial charge in [0.15, 0.2) is 0 Å². The quantitative estimate of drug-likeness (QED) is 0.193. The summed E-state index contributed by atoms with van der Waals surface area (Å²) in [4.78, 5) is 0. The van der Waals surface area contributed by atoms with Gasteiger partial charge in [-0.2, -0.15) is 0 Å². The van der Waals surface area contributed by atoms with Gasteiger partial charge < -0.3 is 10.3 Å². The highest BCUT2D eigenvalue weighted by molar-refractivity contribution is 6.09. The Morgan fingerprint density at radius 1 is 0.553 bits per heavy atom. The Kier molecular flexibility index (Phi) is 6.76. The molecule has 0 bridgehead atoms. The third-order valence-electron chi connectivity index (χ3n) is 7.26. The van der Waals surface area contributed by atoms with E-state index in [0.29, 0.717) is 0 Å². The topological polar surface area (TPSA) is 55.0 Å². The zero-order valence-corrected chi connectivity index (χ0v) is 21.5. The van der Waals surface area contributed by atoms with E-state index >= 15 is 0 Å². The van der Waals surface area contributed by atoms with Crippen molar-refractivity contribution >= 4 is 21.8 Å². The fourth-order valence-electron chi connectivity index (χ4n) is 5.31. The molecule has 5 aromatic carbocycles. The minimum Gasteiger partial charge on any atom is -0.312 e. The Bertz CT molecular complexity index is 1600. The van der Waals surface area contributed by atoms with E-state index < -0.39 is 0 Å². The number of benzene rings is 5. The molecule has 0 saturated carbocycles. The zero-order valence-electron chi connectivity index (χ0n) is 21.5. The SMILES string of the molecule is CC(NC(NC(N)c1cccc(-n2c3ccccc3c3ccccc32)c1)c1ccccc1)c1ccccc1. The molecular formula is C34H32N4. The van der Waals surface area contributed by atoms with Crippen LogP contribution in [0.3, 0.4) is 0 Å². The molecule has 0 fully saturated rings. The van der Waals surface area contributed by atoms with E-state index in [2.05, 4.69) is 143 Å². The zero-order chi connectivity index (χ0) is 25.9. The second-order valence-electron chi connectivity index (χ2n) is 9.75. The molecule has 4 N–H and O–H groups in total. The number of rotatable bonds is 8. The van der Waals surface area contributed by atoms with E-state index in [9.17, 15) is 0 Å². The van der Waals surface area contributed by atoms with E-state index in [4.69, 9.17) is 5.73 Å². The van der Waals surface area contributed by atoms with E-state index in [1.807, 2.05) is 12.1 Å². The van der Waals surface area contributed by atoms with Gasteiger partial charge in [0.25, 0.3) is 0 Å². The van der Waals surface area contributed by atoms with Gasteiger partial charge in [-0.1, -0.05) is 109 Å². The van der Waals surface area contributed by atoms with Gasteiger partial charge in [0.2, 0.25) is 0 Å². The third kappa shape index (κ3) is 4.73. The largest absolute Gasteiger partial charge is 0.312 e. The summed E-state index contributed by atoms with van der Waals surface area (Å²) in [7, 11) is 0. The molecule has 1 aromatic heterocycles. The molecule has 3 atom stereocenters. The Morgan fingerprint density at radius 3 is 1.71 bits per heavy atom. The molecule has 188 valence electrons. The van der Waals surface area contributed by atoms with Crippen molar-refractivity contribution in [2.45, 2.75) is 25.3 Å². The fourth-order valence-corrected chi connectivity index (χ4v) is 5.31. The van der Waals surface area contributed by atoms with Crippen molar-refractivity contribution in [3.05, 3.63) is 150 Å². The second kappa shape index (κ2) is 10.6. The number of para-hydroxylation sites is 2. The number of fused-ring (bicyclic) bond motifs is 3. The average Bonchev–Trinajstić information content (AvgIpc) is 3.32. The van der Waals surface area contributed by atoms with Gasteiger partial charge in [-0.25, -0.2) is 0 Å². The smallest absolute Gasteiger partial charge is 0.0854 e. The van der Waals surface area contributed by atoms with Crippen molar-refractivity contribution in [3.63, 3.8) is 0 Å². The second-order valence-corrected chi connectivity index (χ2v) is 9.75. The summed E-state index contributed by atoms with van der Waals surface area (Å²) in [6.07, 6.45) is -0.498. The molecule has 38 heavy (non-hydrogen) atoms. The van der Waals surface area contributed by atoms with Gasteiger partial charge in [0.1, 0.15) is 0 Å². The van der Waals surface area contributed by atoms with Gasteiger partial charge in [-0.15, -0.1) is 0 Å². The average molecular weight is 497 g/mol. The maximum Gasteiger partial charge on any atom is 0.0854 e. The Hall–Kier alpha value is -4.22. The molecule has 0 aliphatic carbocycles. The first-order valence-corrected chi connectivity index (χ1v) is 13.1. The van der Waals surface area contributed by atoms with Crippen LogP contribution >= 0.6 is 0 Å².